The lowest BCUT2D eigenvalue weighted by atomic mass is 10.0. The van der Waals surface area contributed by atoms with Gasteiger partial charge < -0.3 is 14.5 Å². The van der Waals surface area contributed by atoms with Crippen LogP contribution >= 0.6 is 0 Å². The van der Waals surface area contributed by atoms with E-state index >= 15 is 0 Å². The van der Waals surface area contributed by atoms with E-state index in [-0.39, 0.29) is 6.10 Å². The Morgan fingerprint density at radius 2 is 2.05 bits per heavy atom. The third-order valence-corrected chi connectivity index (χ3v) is 4.22. The fourth-order valence-corrected chi connectivity index (χ4v) is 3.31. The van der Waals surface area contributed by atoms with Gasteiger partial charge in [0.15, 0.2) is 5.58 Å². The van der Waals surface area contributed by atoms with Crippen molar-refractivity contribution in [3.8, 4) is 6.08 Å². The van der Waals surface area contributed by atoms with Crippen molar-refractivity contribution < 1.29 is 9.15 Å². The zero-order chi connectivity index (χ0) is 12.8. The van der Waals surface area contributed by atoms with Crippen molar-refractivity contribution >= 4 is 11.1 Å². The largest absolute Gasteiger partial charge is 0.447 e. The van der Waals surface area contributed by atoms with Crippen LogP contribution in [0.5, 0.6) is 6.08 Å². The molecule has 3 atom stereocenters. The molecule has 1 unspecified atom stereocenters. The Morgan fingerprint density at radius 3 is 2.84 bits per heavy atom. The molecule has 1 aromatic carbocycles. The maximum atomic E-state index is 5.94. The lowest BCUT2D eigenvalue weighted by molar-refractivity contribution is 0.103. The molecule has 19 heavy (non-hydrogen) atoms. The highest BCUT2D eigenvalue weighted by Crippen LogP contribution is 2.30. The second-order valence-corrected chi connectivity index (χ2v) is 5.80. The number of hydrogen-bond acceptors (Lipinski definition) is 4. The number of piperidine rings is 1. The summed E-state index contributed by atoms with van der Waals surface area (Å²) in [6.45, 7) is 2.05. The summed E-state index contributed by atoms with van der Waals surface area (Å²) in [5.41, 5.74) is 2.87. The van der Waals surface area contributed by atoms with Crippen LogP contribution in [0.2, 0.25) is 0 Å². The quantitative estimate of drug-likeness (QED) is 0.899. The van der Waals surface area contributed by atoms with Gasteiger partial charge in [-0.2, -0.15) is 4.98 Å². The summed E-state index contributed by atoms with van der Waals surface area (Å²) >= 11 is 0. The van der Waals surface area contributed by atoms with E-state index in [0.29, 0.717) is 18.2 Å². The van der Waals surface area contributed by atoms with Gasteiger partial charge in [0.2, 0.25) is 0 Å². The number of rotatable bonds is 2. The first-order valence-electron chi connectivity index (χ1n) is 7.06. The number of oxazole rings is 1. The molecule has 0 saturated carbocycles. The minimum absolute atomic E-state index is 0.243. The molecule has 1 aromatic heterocycles. The number of ether oxygens (including phenoxy) is 1. The first-order valence-corrected chi connectivity index (χ1v) is 7.06. The van der Waals surface area contributed by atoms with Gasteiger partial charge in [-0.1, -0.05) is 6.07 Å². The van der Waals surface area contributed by atoms with Gasteiger partial charge in [-0.15, -0.1) is 0 Å². The summed E-state index contributed by atoms with van der Waals surface area (Å²) in [6, 6.07) is 7.25. The molecular weight excluding hydrogens is 240 g/mol. The first-order chi connectivity index (χ1) is 9.26. The number of fused-ring (bicyclic) bond motifs is 3. The van der Waals surface area contributed by atoms with Crippen LogP contribution in [0.4, 0.5) is 0 Å². The highest BCUT2D eigenvalue weighted by Gasteiger charge is 2.35. The van der Waals surface area contributed by atoms with E-state index in [0.717, 1.165) is 23.9 Å². The smallest absolute Gasteiger partial charge is 0.394 e. The molecule has 0 aliphatic carbocycles. The number of hydrogen-bond donors (Lipinski definition) is 1. The molecule has 0 amide bonds. The van der Waals surface area contributed by atoms with Gasteiger partial charge in [0.05, 0.1) is 0 Å². The zero-order valence-corrected chi connectivity index (χ0v) is 11.1. The van der Waals surface area contributed by atoms with Crippen LogP contribution in [0, 0.1) is 6.92 Å². The van der Waals surface area contributed by atoms with E-state index in [1.54, 1.807) is 0 Å². The Labute approximate surface area is 112 Å². The van der Waals surface area contributed by atoms with Gasteiger partial charge in [0.25, 0.3) is 0 Å². The van der Waals surface area contributed by atoms with Gasteiger partial charge >= 0.3 is 6.08 Å². The monoisotopic (exact) mass is 258 g/mol. The van der Waals surface area contributed by atoms with E-state index in [9.17, 15) is 0 Å². The van der Waals surface area contributed by atoms with E-state index in [1.165, 1.54) is 18.4 Å². The summed E-state index contributed by atoms with van der Waals surface area (Å²) in [5.74, 6) is 0. The van der Waals surface area contributed by atoms with E-state index < -0.39 is 0 Å². The standard InChI is InChI=1S/C15H18N2O2/c1-9-2-5-14-13(6-9)17-15(19-14)18-12-7-10-3-4-11(8-12)16-10/h2,5-6,10-12,16H,3-4,7-8H2,1H3/t10-,11+,12?. The van der Waals surface area contributed by atoms with Crippen LogP contribution in [0.1, 0.15) is 31.2 Å². The molecule has 2 saturated heterocycles. The van der Waals surface area contributed by atoms with Gasteiger partial charge in [-0.05, 0) is 50.3 Å². The Bertz CT molecular complexity index is 595. The topological polar surface area (TPSA) is 47.3 Å². The predicted octanol–water partition coefficient (Wildman–Crippen LogP) is 2.80. The average molecular weight is 258 g/mol. The van der Waals surface area contributed by atoms with Crippen molar-refractivity contribution in [2.45, 2.75) is 50.8 Å². The normalized spacial score (nSPS) is 29.8. The highest BCUT2D eigenvalue weighted by atomic mass is 16.6. The van der Waals surface area contributed by atoms with Crippen LogP contribution in [-0.4, -0.2) is 23.2 Å². The minimum Gasteiger partial charge on any atom is -0.447 e. The summed E-state index contributed by atoms with van der Waals surface area (Å²) in [4.78, 5) is 4.43. The number of nitrogens with zero attached hydrogens (tertiary/aromatic N) is 1. The molecule has 4 nitrogen and oxygen atoms in total. The number of aryl methyl sites for hydroxylation is 1. The molecule has 4 rings (SSSR count). The van der Waals surface area contributed by atoms with Gasteiger partial charge in [0, 0.05) is 12.1 Å². The average Bonchev–Trinajstić information content (AvgIpc) is 2.92. The second-order valence-electron chi connectivity index (χ2n) is 5.80. The van der Waals surface area contributed by atoms with Crippen LogP contribution < -0.4 is 10.1 Å². The predicted molar refractivity (Wildman–Crippen MR) is 72.3 cm³/mol. The Morgan fingerprint density at radius 1 is 1.26 bits per heavy atom. The van der Waals surface area contributed by atoms with Crippen molar-refractivity contribution in [3.05, 3.63) is 23.8 Å². The maximum Gasteiger partial charge on any atom is 0.394 e. The third kappa shape index (κ3) is 2.10. The van der Waals surface area contributed by atoms with Crippen molar-refractivity contribution in [3.63, 3.8) is 0 Å². The van der Waals surface area contributed by atoms with Crippen molar-refractivity contribution in [1.82, 2.24) is 10.3 Å². The molecule has 2 aliphatic rings. The Kier molecular flexibility index (Phi) is 2.52. The molecule has 2 fully saturated rings. The number of nitrogens with one attached hydrogen (secondary N) is 1. The molecule has 2 aromatic rings. The molecule has 1 N–H and O–H groups in total. The van der Waals surface area contributed by atoms with Crippen molar-refractivity contribution in [2.75, 3.05) is 0 Å². The Balaban J connectivity index is 1.54. The molecule has 100 valence electrons. The molecule has 3 heterocycles. The summed E-state index contributed by atoms with van der Waals surface area (Å²) in [6.07, 6.45) is 5.34. The SMILES string of the molecule is Cc1ccc2oc(OC3C[C@H]4CC[C@@H](C3)N4)nc2c1. The van der Waals surface area contributed by atoms with Crippen molar-refractivity contribution in [2.24, 2.45) is 0 Å². The first kappa shape index (κ1) is 11.3. The highest BCUT2D eigenvalue weighted by molar-refractivity contribution is 5.73. The maximum absolute atomic E-state index is 5.94. The number of benzene rings is 1. The summed E-state index contributed by atoms with van der Waals surface area (Å²) in [5, 5.41) is 3.61. The molecule has 2 bridgehead atoms. The van der Waals surface area contributed by atoms with Crippen LogP contribution in [0.3, 0.4) is 0 Å². The van der Waals surface area contributed by atoms with Crippen LogP contribution in [-0.2, 0) is 0 Å². The molecular formula is C15H18N2O2. The van der Waals surface area contributed by atoms with Gasteiger partial charge in [-0.3, -0.25) is 0 Å². The molecule has 2 aliphatic heterocycles. The third-order valence-electron chi connectivity index (χ3n) is 4.22. The molecule has 0 radical (unpaired) electrons. The minimum atomic E-state index is 0.243. The fraction of sp³-hybridized carbons (Fsp3) is 0.533. The Hall–Kier alpha value is -1.55. The summed E-state index contributed by atoms with van der Waals surface area (Å²) in [7, 11) is 0. The number of aromatic nitrogens is 1. The lowest BCUT2D eigenvalue weighted by Gasteiger charge is -2.28. The molecule has 0 spiro atoms. The van der Waals surface area contributed by atoms with Crippen molar-refractivity contribution in [1.29, 1.82) is 0 Å². The van der Waals surface area contributed by atoms with Gasteiger partial charge in [-0.25, -0.2) is 0 Å². The second kappa shape index (κ2) is 4.23. The van der Waals surface area contributed by atoms with E-state index in [4.69, 9.17) is 9.15 Å². The fourth-order valence-electron chi connectivity index (χ4n) is 3.31. The zero-order valence-electron chi connectivity index (χ0n) is 11.1. The van der Waals surface area contributed by atoms with E-state index in [2.05, 4.69) is 17.2 Å². The summed E-state index contributed by atoms with van der Waals surface area (Å²) < 4.78 is 11.6. The van der Waals surface area contributed by atoms with Gasteiger partial charge in [0.1, 0.15) is 11.6 Å². The van der Waals surface area contributed by atoms with E-state index in [1.807, 2.05) is 18.2 Å². The lowest BCUT2D eigenvalue weighted by Crippen LogP contribution is -2.42. The van der Waals surface area contributed by atoms with Crippen LogP contribution in [0.15, 0.2) is 22.6 Å². The molecule has 4 heteroatoms. The van der Waals surface area contributed by atoms with Crippen LogP contribution in [0.25, 0.3) is 11.1 Å².